The molecule has 0 bridgehead atoms. The molecule has 7 nitrogen and oxygen atoms in total. The van der Waals surface area contributed by atoms with E-state index in [1.165, 1.54) is 6.20 Å². The molecule has 0 spiro atoms. The van der Waals surface area contributed by atoms with Crippen LogP contribution in [0.15, 0.2) is 60.8 Å². The van der Waals surface area contributed by atoms with Gasteiger partial charge in [-0.25, -0.2) is 4.68 Å². The maximum Gasteiger partial charge on any atom is 0.239 e. The third-order valence-corrected chi connectivity index (χ3v) is 4.80. The van der Waals surface area contributed by atoms with Gasteiger partial charge in [-0.15, -0.1) is 0 Å². The van der Waals surface area contributed by atoms with Crippen LogP contribution in [-0.2, 0) is 4.79 Å². The molecule has 7 heteroatoms. The summed E-state index contributed by atoms with van der Waals surface area (Å²) in [4.78, 5) is 14.6. The predicted octanol–water partition coefficient (Wildman–Crippen LogP) is 3.38. The van der Waals surface area contributed by atoms with Crippen molar-refractivity contribution in [2.24, 2.45) is 0 Å². The van der Waals surface area contributed by atoms with Gasteiger partial charge in [-0.1, -0.05) is 30.3 Å². The number of amides is 1. The highest BCUT2D eigenvalue weighted by Crippen LogP contribution is 2.22. The van der Waals surface area contributed by atoms with Crippen molar-refractivity contribution < 1.29 is 9.53 Å². The number of benzene rings is 2. The van der Waals surface area contributed by atoms with Crippen LogP contribution in [-0.4, -0.2) is 41.3 Å². The maximum absolute atomic E-state index is 12.7. The van der Waals surface area contributed by atoms with Crippen LogP contribution in [0.4, 0.5) is 5.82 Å². The number of methoxy groups -OCH3 is 1. The lowest BCUT2D eigenvalue weighted by Gasteiger charge is -2.24. The average Bonchev–Trinajstić information content (AvgIpc) is 3.16. The lowest BCUT2D eigenvalue weighted by molar-refractivity contribution is -0.117. The van der Waals surface area contributed by atoms with Gasteiger partial charge in [0.25, 0.3) is 0 Å². The van der Waals surface area contributed by atoms with Crippen molar-refractivity contribution in [3.63, 3.8) is 0 Å². The number of carbonyl (C=O) groups is 1. The number of rotatable bonds is 7. The van der Waals surface area contributed by atoms with Crippen LogP contribution in [0.5, 0.6) is 5.75 Å². The standard InChI is InChI=1S/C22H23N5O2/c1-16(17-9-11-20(29-3)12-10-17)26(2)15-21(28)25-22-18(13-23)14-24-27(22)19-7-5-4-6-8-19/h4-12,14,16H,15H2,1-3H3,(H,25,28). The Hall–Kier alpha value is -3.63. The van der Waals surface area contributed by atoms with Crippen molar-refractivity contribution in [3.05, 3.63) is 71.9 Å². The zero-order valence-electron chi connectivity index (χ0n) is 16.7. The first-order valence-electron chi connectivity index (χ1n) is 9.21. The van der Waals surface area contributed by atoms with Crippen LogP contribution in [0.3, 0.4) is 0 Å². The van der Waals surface area contributed by atoms with Crippen LogP contribution in [0, 0.1) is 11.3 Å². The van der Waals surface area contributed by atoms with Gasteiger partial charge in [0.1, 0.15) is 17.4 Å². The fourth-order valence-corrected chi connectivity index (χ4v) is 2.99. The second kappa shape index (κ2) is 9.04. The molecule has 0 fully saturated rings. The minimum Gasteiger partial charge on any atom is -0.497 e. The Bertz CT molecular complexity index is 1010. The maximum atomic E-state index is 12.7. The lowest BCUT2D eigenvalue weighted by atomic mass is 10.1. The van der Waals surface area contributed by atoms with E-state index < -0.39 is 0 Å². The Labute approximate surface area is 170 Å². The molecule has 0 saturated heterocycles. The van der Waals surface area contributed by atoms with E-state index in [0.717, 1.165) is 17.0 Å². The smallest absolute Gasteiger partial charge is 0.239 e. The molecule has 1 amide bonds. The van der Waals surface area contributed by atoms with Crippen molar-refractivity contribution in [2.45, 2.75) is 13.0 Å². The molecule has 3 aromatic rings. The van der Waals surface area contributed by atoms with E-state index in [-0.39, 0.29) is 18.5 Å². The summed E-state index contributed by atoms with van der Waals surface area (Å²) in [5.74, 6) is 0.941. The number of ether oxygens (including phenoxy) is 1. The Morgan fingerprint density at radius 2 is 1.93 bits per heavy atom. The van der Waals surface area contributed by atoms with E-state index in [1.54, 1.807) is 11.8 Å². The third kappa shape index (κ3) is 4.62. The monoisotopic (exact) mass is 389 g/mol. The van der Waals surface area contributed by atoms with Crippen molar-refractivity contribution in [3.8, 4) is 17.5 Å². The highest BCUT2D eigenvalue weighted by atomic mass is 16.5. The van der Waals surface area contributed by atoms with Gasteiger partial charge >= 0.3 is 0 Å². The van der Waals surface area contributed by atoms with Crippen molar-refractivity contribution in [1.82, 2.24) is 14.7 Å². The Kier molecular flexibility index (Phi) is 6.27. The molecule has 0 saturated carbocycles. The normalized spacial score (nSPS) is 11.7. The molecule has 1 unspecified atom stereocenters. The first kappa shape index (κ1) is 20.1. The molecular formula is C22H23N5O2. The van der Waals surface area contributed by atoms with Gasteiger partial charge in [0.05, 0.1) is 25.5 Å². The van der Waals surface area contributed by atoms with Gasteiger partial charge in [0.2, 0.25) is 5.91 Å². The van der Waals surface area contributed by atoms with Crippen molar-refractivity contribution >= 4 is 11.7 Å². The number of nitrogens with one attached hydrogen (secondary N) is 1. The molecule has 148 valence electrons. The number of carbonyl (C=O) groups excluding carboxylic acids is 1. The van der Waals surface area contributed by atoms with Crippen LogP contribution in [0.1, 0.15) is 24.1 Å². The van der Waals surface area contributed by atoms with Gasteiger partial charge < -0.3 is 10.1 Å². The number of para-hydroxylation sites is 1. The number of anilines is 1. The Morgan fingerprint density at radius 1 is 1.24 bits per heavy atom. The summed E-state index contributed by atoms with van der Waals surface area (Å²) in [5.41, 5.74) is 2.16. The number of nitriles is 1. The Morgan fingerprint density at radius 3 is 2.55 bits per heavy atom. The van der Waals surface area contributed by atoms with Crippen LogP contribution >= 0.6 is 0 Å². The first-order valence-corrected chi connectivity index (χ1v) is 9.21. The van der Waals surface area contributed by atoms with Crippen molar-refractivity contribution in [1.29, 1.82) is 5.26 Å². The molecule has 1 aromatic heterocycles. The van der Waals surface area contributed by atoms with Crippen LogP contribution in [0.2, 0.25) is 0 Å². The number of aromatic nitrogens is 2. The summed E-state index contributed by atoms with van der Waals surface area (Å²) >= 11 is 0. The number of likely N-dealkylation sites (N-methyl/N-ethyl adjacent to an activating group) is 1. The quantitative estimate of drug-likeness (QED) is 0.670. The average molecular weight is 389 g/mol. The van der Waals surface area contributed by atoms with Gasteiger partial charge in [-0.05, 0) is 43.8 Å². The van der Waals surface area contributed by atoms with Crippen LogP contribution < -0.4 is 10.1 Å². The molecule has 29 heavy (non-hydrogen) atoms. The molecule has 2 aromatic carbocycles. The highest BCUT2D eigenvalue weighted by Gasteiger charge is 2.19. The van der Waals surface area contributed by atoms with Crippen LogP contribution in [0.25, 0.3) is 5.69 Å². The van der Waals surface area contributed by atoms with Gasteiger partial charge in [-0.3, -0.25) is 9.69 Å². The SMILES string of the molecule is COc1ccc(C(C)N(C)CC(=O)Nc2c(C#N)cnn2-c2ccccc2)cc1. The second-order valence-electron chi connectivity index (χ2n) is 6.68. The summed E-state index contributed by atoms with van der Waals surface area (Å²) in [6, 6.07) is 19.2. The predicted molar refractivity (Wildman–Crippen MR) is 111 cm³/mol. The Balaban J connectivity index is 1.72. The van der Waals surface area contributed by atoms with Gasteiger partial charge in [0, 0.05) is 6.04 Å². The van der Waals surface area contributed by atoms with E-state index in [0.29, 0.717) is 11.4 Å². The molecular weight excluding hydrogens is 366 g/mol. The molecule has 1 atom stereocenters. The molecule has 0 aliphatic rings. The first-order chi connectivity index (χ1) is 14.0. The molecule has 1 N–H and O–H groups in total. The minimum absolute atomic E-state index is 0.0288. The highest BCUT2D eigenvalue weighted by molar-refractivity contribution is 5.93. The zero-order chi connectivity index (χ0) is 20.8. The molecule has 0 aliphatic heterocycles. The summed E-state index contributed by atoms with van der Waals surface area (Å²) in [6.07, 6.45) is 1.45. The zero-order valence-corrected chi connectivity index (χ0v) is 16.7. The minimum atomic E-state index is -0.220. The summed E-state index contributed by atoms with van der Waals surface area (Å²) < 4.78 is 6.75. The summed E-state index contributed by atoms with van der Waals surface area (Å²) in [5, 5.41) is 16.5. The fraction of sp³-hybridized carbons (Fsp3) is 0.227. The fourth-order valence-electron chi connectivity index (χ4n) is 2.99. The van der Waals surface area contributed by atoms with E-state index in [2.05, 4.69) is 16.5 Å². The van der Waals surface area contributed by atoms with Gasteiger partial charge in [0.15, 0.2) is 5.82 Å². The molecule has 3 rings (SSSR count). The number of hydrogen-bond acceptors (Lipinski definition) is 5. The van der Waals surface area contributed by atoms with Gasteiger partial charge in [-0.2, -0.15) is 10.4 Å². The molecule has 1 heterocycles. The number of hydrogen-bond donors (Lipinski definition) is 1. The van der Waals surface area contributed by atoms with E-state index >= 15 is 0 Å². The molecule has 0 radical (unpaired) electrons. The largest absolute Gasteiger partial charge is 0.497 e. The lowest BCUT2D eigenvalue weighted by Crippen LogP contribution is -2.32. The van der Waals surface area contributed by atoms with E-state index in [1.807, 2.05) is 73.5 Å². The molecule has 0 aliphatic carbocycles. The summed E-state index contributed by atoms with van der Waals surface area (Å²) in [7, 11) is 3.51. The summed E-state index contributed by atoms with van der Waals surface area (Å²) in [6.45, 7) is 2.20. The number of nitrogens with zero attached hydrogens (tertiary/aromatic N) is 4. The third-order valence-electron chi connectivity index (χ3n) is 4.80. The van der Waals surface area contributed by atoms with Crippen molar-refractivity contribution in [2.75, 3.05) is 26.0 Å². The van der Waals surface area contributed by atoms with E-state index in [9.17, 15) is 10.1 Å². The topological polar surface area (TPSA) is 83.2 Å². The second-order valence-corrected chi connectivity index (χ2v) is 6.68. The van der Waals surface area contributed by atoms with E-state index in [4.69, 9.17) is 4.74 Å².